The number of anilines is 2. The summed E-state index contributed by atoms with van der Waals surface area (Å²) in [4.78, 5) is 27.8. The van der Waals surface area contributed by atoms with Crippen molar-refractivity contribution in [3.8, 4) is 6.07 Å². The van der Waals surface area contributed by atoms with Crippen molar-refractivity contribution in [1.82, 2.24) is 0 Å². The van der Waals surface area contributed by atoms with E-state index in [0.717, 1.165) is 16.0 Å². The topological polar surface area (TPSA) is 73.2 Å². The van der Waals surface area contributed by atoms with Crippen LogP contribution in [0.2, 0.25) is 0 Å². The Hall–Kier alpha value is -4.24. The number of amides is 2. The molecule has 0 saturated heterocycles. The summed E-state index contributed by atoms with van der Waals surface area (Å²) in [5.41, 5.74) is 4.10. The molecular formula is C25H18FN3O2. The van der Waals surface area contributed by atoms with Gasteiger partial charge in [-0.2, -0.15) is 5.26 Å². The number of nitrogens with one attached hydrogen (secondary N) is 1. The Morgan fingerprint density at radius 2 is 1.58 bits per heavy atom. The molecule has 0 unspecified atom stereocenters. The molecule has 31 heavy (non-hydrogen) atoms. The molecule has 3 aromatic rings. The van der Waals surface area contributed by atoms with Crippen molar-refractivity contribution in [3.05, 3.63) is 100 Å². The van der Waals surface area contributed by atoms with Crippen LogP contribution in [-0.2, 0) is 9.59 Å². The minimum Gasteiger partial charge on any atom is -0.350 e. The van der Waals surface area contributed by atoms with Gasteiger partial charge in [-0.25, -0.2) is 9.29 Å². The van der Waals surface area contributed by atoms with Crippen LogP contribution in [0.25, 0.3) is 5.57 Å². The number of rotatable bonds is 4. The average molecular weight is 411 g/mol. The summed E-state index contributed by atoms with van der Waals surface area (Å²) >= 11 is 0. The Balaban J connectivity index is 1.83. The van der Waals surface area contributed by atoms with Gasteiger partial charge in [0.25, 0.3) is 11.8 Å². The molecule has 0 spiro atoms. The normalized spacial score (nSPS) is 13.5. The molecule has 5 nitrogen and oxygen atoms in total. The van der Waals surface area contributed by atoms with Gasteiger partial charge in [0.2, 0.25) is 0 Å². The van der Waals surface area contributed by atoms with Crippen LogP contribution in [-0.4, -0.2) is 11.8 Å². The maximum atomic E-state index is 13.5. The van der Waals surface area contributed by atoms with Crippen LogP contribution in [0.5, 0.6) is 0 Å². The first-order chi connectivity index (χ1) is 14.9. The summed E-state index contributed by atoms with van der Waals surface area (Å²) in [5.74, 6) is -1.47. The second kappa shape index (κ2) is 7.88. The van der Waals surface area contributed by atoms with Crippen LogP contribution in [0, 0.1) is 31.0 Å². The largest absolute Gasteiger partial charge is 0.350 e. The highest BCUT2D eigenvalue weighted by molar-refractivity contribution is 6.46. The first kappa shape index (κ1) is 20.0. The fraction of sp³-hybridized carbons (Fsp3) is 0.0800. The standard InChI is InChI=1S/C25H18FN3O2/c1-15-3-4-16(2)21(13-15)28-23-22(18-7-9-19(26)10-8-18)24(30)29(25(23)31)20-11-5-17(14-27)6-12-20/h3-13,28H,1-2H3. The second-order valence-electron chi connectivity index (χ2n) is 7.30. The fourth-order valence-corrected chi connectivity index (χ4v) is 3.45. The van der Waals surface area contributed by atoms with Gasteiger partial charge < -0.3 is 5.32 Å². The van der Waals surface area contributed by atoms with Crippen LogP contribution in [0.3, 0.4) is 0 Å². The molecule has 1 heterocycles. The highest BCUT2D eigenvalue weighted by Crippen LogP contribution is 2.34. The van der Waals surface area contributed by atoms with Gasteiger partial charge in [0.05, 0.1) is 22.9 Å². The lowest BCUT2D eigenvalue weighted by molar-refractivity contribution is -0.120. The first-order valence-corrected chi connectivity index (χ1v) is 9.62. The minimum atomic E-state index is -0.519. The van der Waals surface area contributed by atoms with E-state index in [0.29, 0.717) is 22.5 Å². The quantitative estimate of drug-likeness (QED) is 0.631. The molecule has 0 bridgehead atoms. The predicted octanol–water partition coefficient (Wildman–Crippen LogP) is 4.71. The molecule has 0 fully saturated rings. The number of nitriles is 1. The Morgan fingerprint density at radius 1 is 0.903 bits per heavy atom. The van der Waals surface area contributed by atoms with Gasteiger partial charge in [-0.3, -0.25) is 9.59 Å². The second-order valence-corrected chi connectivity index (χ2v) is 7.30. The zero-order valence-corrected chi connectivity index (χ0v) is 16.9. The Kier molecular flexibility index (Phi) is 5.10. The summed E-state index contributed by atoms with van der Waals surface area (Å²) in [7, 11) is 0. The summed E-state index contributed by atoms with van der Waals surface area (Å²) in [6.07, 6.45) is 0. The number of hydrogen-bond donors (Lipinski definition) is 1. The molecule has 1 aliphatic heterocycles. The van der Waals surface area contributed by atoms with Gasteiger partial charge >= 0.3 is 0 Å². The molecule has 0 atom stereocenters. The van der Waals surface area contributed by atoms with Crippen molar-refractivity contribution in [2.75, 3.05) is 10.2 Å². The van der Waals surface area contributed by atoms with E-state index in [4.69, 9.17) is 5.26 Å². The van der Waals surface area contributed by atoms with E-state index in [1.807, 2.05) is 38.1 Å². The van der Waals surface area contributed by atoms with E-state index >= 15 is 0 Å². The van der Waals surface area contributed by atoms with Gasteiger partial charge in [0.15, 0.2) is 0 Å². The van der Waals surface area contributed by atoms with Gasteiger partial charge in [0.1, 0.15) is 11.5 Å². The van der Waals surface area contributed by atoms with Gasteiger partial charge in [-0.1, -0.05) is 24.3 Å². The average Bonchev–Trinajstić information content (AvgIpc) is 3.01. The number of hydrogen-bond acceptors (Lipinski definition) is 4. The highest BCUT2D eigenvalue weighted by Gasteiger charge is 2.40. The fourth-order valence-electron chi connectivity index (χ4n) is 3.45. The van der Waals surface area contributed by atoms with Gasteiger partial charge in [-0.05, 0) is 73.0 Å². The number of carbonyl (C=O) groups excluding carboxylic acids is 2. The highest BCUT2D eigenvalue weighted by atomic mass is 19.1. The van der Waals surface area contributed by atoms with Gasteiger partial charge in [-0.15, -0.1) is 0 Å². The first-order valence-electron chi connectivity index (χ1n) is 9.62. The zero-order valence-electron chi connectivity index (χ0n) is 16.9. The van der Waals surface area contributed by atoms with E-state index < -0.39 is 17.6 Å². The maximum absolute atomic E-state index is 13.5. The van der Waals surface area contributed by atoms with E-state index in [1.165, 1.54) is 24.3 Å². The Bertz CT molecular complexity index is 1270. The van der Waals surface area contributed by atoms with E-state index in [2.05, 4.69) is 5.32 Å². The Morgan fingerprint density at radius 3 is 2.23 bits per heavy atom. The van der Waals surface area contributed by atoms with Crippen LogP contribution in [0.15, 0.2) is 72.4 Å². The molecule has 6 heteroatoms. The molecule has 1 N–H and O–H groups in total. The lowest BCUT2D eigenvalue weighted by Gasteiger charge is -2.16. The summed E-state index contributed by atoms with van der Waals surface area (Å²) in [6, 6.07) is 19.4. The zero-order chi connectivity index (χ0) is 22.1. The molecule has 0 radical (unpaired) electrons. The molecule has 0 saturated carbocycles. The lowest BCUT2D eigenvalue weighted by Crippen LogP contribution is -2.32. The SMILES string of the molecule is Cc1ccc(C)c(NC2=C(c3ccc(F)cc3)C(=O)N(c3ccc(C#N)cc3)C2=O)c1. The molecule has 1 aliphatic rings. The third-order valence-corrected chi connectivity index (χ3v) is 5.12. The third-order valence-electron chi connectivity index (χ3n) is 5.12. The lowest BCUT2D eigenvalue weighted by atomic mass is 10.0. The molecule has 4 rings (SSSR count). The smallest absolute Gasteiger partial charge is 0.282 e. The predicted molar refractivity (Wildman–Crippen MR) is 117 cm³/mol. The monoisotopic (exact) mass is 411 g/mol. The Labute approximate surface area is 179 Å². The van der Waals surface area contributed by atoms with Crippen LogP contribution >= 0.6 is 0 Å². The number of benzene rings is 3. The summed E-state index contributed by atoms with van der Waals surface area (Å²) in [5, 5.41) is 12.2. The van der Waals surface area contributed by atoms with Crippen molar-refractivity contribution in [3.63, 3.8) is 0 Å². The van der Waals surface area contributed by atoms with E-state index in [1.54, 1.807) is 24.3 Å². The molecular weight excluding hydrogens is 393 g/mol. The molecule has 3 aromatic carbocycles. The summed E-state index contributed by atoms with van der Waals surface area (Å²) < 4.78 is 13.5. The van der Waals surface area contributed by atoms with E-state index in [-0.39, 0.29) is 11.3 Å². The number of nitrogens with zero attached hydrogens (tertiary/aromatic N) is 2. The molecule has 0 aromatic heterocycles. The molecule has 0 aliphatic carbocycles. The van der Waals surface area contributed by atoms with Crippen molar-refractivity contribution in [2.45, 2.75) is 13.8 Å². The maximum Gasteiger partial charge on any atom is 0.282 e. The van der Waals surface area contributed by atoms with Crippen molar-refractivity contribution in [2.24, 2.45) is 0 Å². The van der Waals surface area contributed by atoms with Crippen LogP contribution in [0.1, 0.15) is 22.3 Å². The molecule has 2 amide bonds. The van der Waals surface area contributed by atoms with E-state index in [9.17, 15) is 14.0 Å². The number of aryl methyl sites for hydroxylation is 2. The number of halogens is 1. The van der Waals surface area contributed by atoms with Crippen LogP contribution in [0.4, 0.5) is 15.8 Å². The van der Waals surface area contributed by atoms with Gasteiger partial charge in [0, 0.05) is 5.69 Å². The van der Waals surface area contributed by atoms with Crippen LogP contribution < -0.4 is 10.2 Å². The minimum absolute atomic E-state index is 0.120. The van der Waals surface area contributed by atoms with Crippen molar-refractivity contribution < 1.29 is 14.0 Å². The van der Waals surface area contributed by atoms with Crippen molar-refractivity contribution >= 4 is 28.8 Å². The number of carbonyl (C=O) groups is 2. The summed E-state index contributed by atoms with van der Waals surface area (Å²) in [6.45, 7) is 3.84. The van der Waals surface area contributed by atoms with Crippen molar-refractivity contribution in [1.29, 1.82) is 5.26 Å². The number of imide groups is 1. The third kappa shape index (κ3) is 3.69. The molecule has 152 valence electrons.